The van der Waals surface area contributed by atoms with Gasteiger partial charge in [0.2, 0.25) is 5.89 Å². The highest BCUT2D eigenvalue weighted by molar-refractivity contribution is 7.98. The minimum Gasteiger partial charge on any atom is -0.447 e. The van der Waals surface area contributed by atoms with Crippen molar-refractivity contribution in [2.45, 2.75) is 31.2 Å². The molecular weight excluding hydrogens is 441 g/mol. The SMILES string of the molecule is CC(C)CCNC(=O)c1coc(CSc2nnc(-c3ccccc3)n2-c2ccccc2F)n1. The molecule has 1 N–H and O–H groups in total. The van der Waals surface area contributed by atoms with Crippen molar-refractivity contribution in [3.05, 3.63) is 78.3 Å². The summed E-state index contributed by atoms with van der Waals surface area (Å²) >= 11 is 1.30. The molecule has 0 saturated heterocycles. The van der Waals surface area contributed by atoms with Gasteiger partial charge in [-0.25, -0.2) is 9.37 Å². The molecule has 4 rings (SSSR count). The van der Waals surface area contributed by atoms with Crippen LogP contribution in [0.5, 0.6) is 0 Å². The van der Waals surface area contributed by atoms with Crippen LogP contribution in [0.25, 0.3) is 17.1 Å². The summed E-state index contributed by atoms with van der Waals surface area (Å²) in [5, 5.41) is 11.9. The molecule has 2 aromatic carbocycles. The summed E-state index contributed by atoms with van der Waals surface area (Å²) < 4.78 is 21.8. The van der Waals surface area contributed by atoms with Crippen molar-refractivity contribution < 1.29 is 13.6 Å². The van der Waals surface area contributed by atoms with Gasteiger partial charge in [-0.2, -0.15) is 0 Å². The van der Waals surface area contributed by atoms with Gasteiger partial charge in [-0.3, -0.25) is 9.36 Å². The summed E-state index contributed by atoms with van der Waals surface area (Å²) in [6.07, 6.45) is 2.24. The highest BCUT2D eigenvalue weighted by Crippen LogP contribution is 2.30. The van der Waals surface area contributed by atoms with Crippen LogP contribution in [0.15, 0.2) is 70.4 Å². The maximum atomic E-state index is 14.7. The maximum absolute atomic E-state index is 14.7. The largest absolute Gasteiger partial charge is 0.447 e. The number of carbonyl (C=O) groups excluding carboxylic acids is 1. The van der Waals surface area contributed by atoms with E-state index in [1.807, 2.05) is 30.3 Å². The van der Waals surface area contributed by atoms with Crippen molar-refractivity contribution in [1.82, 2.24) is 25.1 Å². The Morgan fingerprint density at radius 2 is 1.88 bits per heavy atom. The van der Waals surface area contributed by atoms with Crippen molar-refractivity contribution in [3.63, 3.8) is 0 Å². The number of aromatic nitrogens is 4. The molecule has 0 aliphatic carbocycles. The van der Waals surface area contributed by atoms with Crippen molar-refractivity contribution >= 4 is 17.7 Å². The summed E-state index contributed by atoms with van der Waals surface area (Å²) in [5.41, 5.74) is 1.40. The number of halogens is 1. The minimum absolute atomic E-state index is 0.231. The quantitative estimate of drug-likeness (QED) is 0.345. The number of nitrogens with one attached hydrogen (secondary N) is 1. The Balaban J connectivity index is 1.54. The smallest absolute Gasteiger partial charge is 0.273 e. The lowest BCUT2D eigenvalue weighted by Crippen LogP contribution is -2.25. The lowest BCUT2D eigenvalue weighted by molar-refractivity contribution is 0.0947. The van der Waals surface area contributed by atoms with E-state index in [0.29, 0.717) is 40.8 Å². The molecule has 2 aromatic heterocycles. The topological polar surface area (TPSA) is 85.8 Å². The van der Waals surface area contributed by atoms with Gasteiger partial charge in [-0.15, -0.1) is 10.2 Å². The maximum Gasteiger partial charge on any atom is 0.273 e. The first-order chi connectivity index (χ1) is 16.0. The summed E-state index contributed by atoms with van der Waals surface area (Å²) in [6, 6.07) is 16.0. The van der Waals surface area contributed by atoms with Crippen molar-refractivity contribution in [2.24, 2.45) is 5.92 Å². The lowest BCUT2D eigenvalue weighted by Gasteiger charge is -2.10. The summed E-state index contributed by atoms with van der Waals surface area (Å²) in [5.74, 6) is 1.06. The van der Waals surface area contributed by atoms with Crippen LogP contribution in [-0.4, -0.2) is 32.2 Å². The fourth-order valence-corrected chi connectivity index (χ4v) is 3.96. The van der Waals surface area contributed by atoms with Crippen molar-refractivity contribution in [3.8, 4) is 17.1 Å². The Morgan fingerprint density at radius 3 is 2.64 bits per heavy atom. The molecule has 170 valence electrons. The monoisotopic (exact) mass is 465 g/mol. The molecule has 0 saturated carbocycles. The fourth-order valence-electron chi connectivity index (χ4n) is 3.16. The summed E-state index contributed by atoms with van der Waals surface area (Å²) in [7, 11) is 0. The van der Waals surface area contributed by atoms with E-state index in [4.69, 9.17) is 4.42 Å². The van der Waals surface area contributed by atoms with Gasteiger partial charge in [0.25, 0.3) is 5.91 Å². The average molecular weight is 466 g/mol. The number of thioether (sulfide) groups is 1. The molecule has 33 heavy (non-hydrogen) atoms. The van der Waals surface area contributed by atoms with E-state index >= 15 is 0 Å². The van der Waals surface area contributed by atoms with Crippen LogP contribution in [0.2, 0.25) is 0 Å². The van der Waals surface area contributed by atoms with Gasteiger partial charge in [-0.1, -0.05) is 68.1 Å². The first kappa shape index (κ1) is 22.7. The molecular formula is C24H24FN5O2S. The summed E-state index contributed by atoms with van der Waals surface area (Å²) in [6.45, 7) is 4.78. The molecule has 0 fully saturated rings. The van der Waals surface area contributed by atoms with Crippen LogP contribution >= 0.6 is 11.8 Å². The van der Waals surface area contributed by atoms with Gasteiger partial charge < -0.3 is 9.73 Å². The second kappa shape index (κ2) is 10.4. The van der Waals surface area contributed by atoms with E-state index in [0.717, 1.165) is 12.0 Å². The van der Waals surface area contributed by atoms with Gasteiger partial charge >= 0.3 is 0 Å². The molecule has 0 aliphatic rings. The van der Waals surface area contributed by atoms with E-state index in [9.17, 15) is 9.18 Å². The van der Waals surface area contributed by atoms with Gasteiger partial charge in [0.05, 0.1) is 11.4 Å². The highest BCUT2D eigenvalue weighted by atomic mass is 32.2. The molecule has 0 atom stereocenters. The zero-order valence-electron chi connectivity index (χ0n) is 18.4. The van der Waals surface area contributed by atoms with E-state index in [2.05, 4.69) is 34.3 Å². The molecule has 1 amide bonds. The lowest BCUT2D eigenvalue weighted by atomic mass is 10.1. The highest BCUT2D eigenvalue weighted by Gasteiger charge is 2.20. The predicted molar refractivity (Wildman–Crippen MR) is 125 cm³/mol. The zero-order chi connectivity index (χ0) is 23.2. The van der Waals surface area contributed by atoms with Gasteiger partial charge in [0.15, 0.2) is 16.7 Å². The number of hydrogen-bond acceptors (Lipinski definition) is 6. The van der Waals surface area contributed by atoms with Crippen LogP contribution in [0.3, 0.4) is 0 Å². The number of nitrogens with zero attached hydrogens (tertiary/aromatic N) is 4. The minimum atomic E-state index is -0.382. The number of benzene rings is 2. The van der Waals surface area contributed by atoms with Gasteiger partial charge in [0.1, 0.15) is 12.1 Å². The van der Waals surface area contributed by atoms with E-state index in [-0.39, 0.29) is 17.4 Å². The molecule has 0 bridgehead atoms. The standard InChI is InChI=1S/C24H24FN5O2S/c1-16(2)12-13-26-23(31)19-14-32-21(27-19)15-33-24-29-28-22(17-8-4-3-5-9-17)30(24)20-11-7-6-10-18(20)25/h3-11,14,16H,12-13,15H2,1-2H3,(H,26,31). The molecule has 9 heteroatoms. The number of carbonyl (C=O) groups is 1. The number of para-hydroxylation sites is 1. The van der Waals surface area contributed by atoms with Gasteiger partial charge in [0, 0.05) is 12.1 Å². The van der Waals surface area contributed by atoms with Crippen LogP contribution in [0.4, 0.5) is 4.39 Å². The Morgan fingerprint density at radius 1 is 1.12 bits per heavy atom. The molecule has 2 heterocycles. The Kier molecular flexibility index (Phi) is 7.19. The summed E-state index contributed by atoms with van der Waals surface area (Å²) in [4.78, 5) is 16.5. The van der Waals surface area contributed by atoms with Gasteiger partial charge in [-0.05, 0) is 24.5 Å². The average Bonchev–Trinajstić information content (AvgIpc) is 3.46. The molecule has 0 aliphatic heterocycles. The zero-order valence-corrected chi connectivity index (χ0v) is 19.2. The van der Waals surface area contributed by atoms with E-state index < -0.39 is 0 Å². The molecule has 0 spiro atoms. The number of oxazole rings is 1. The normalized spacial score (nSPS) is 11.2. The van der Waals surface area contributed by atoms with E-state index in [1.54, 1.807) is 22.8 Å². The number of rotatable bonds is 9. The van der Waals surface area contributed by atoms with Crippen LogP contribution in [-0.2, 0) is 5.75 Å². The first-order valence-corrected chi connectivity index (χ1v) is 11.6. The molecule has 7 nitrogen and oxygen atoms in total. The Hall–Kier alpha value is -3.46. The van der Waals surface area contributed by atoms with E-state index in [1.165, 1.54) is 24.1 Å². The molecule has 0 unspecified atom stereocenters. The third-order valence-electron chi connectivity index (χ3n) is 4.88. The predicted octanol–water partition coefficient (Wildman–Crippen LogP) is 5.13. The Bertz CT molecular complexity index is 1220. The van der Waals surface area contributed by atoms with Crippen molar-refractivity contribution in [1.29, 1.82) is 0 Å². The molecule has 0 radical (unpaired) electrons. The molecule has 4 aromatic rings. The third kappa shape index (κ3) is 5.48. The third-order valence-corrected chi connectivity index (χ3v) is 5.79. The second-order valence-corrected chi connectivity index (χ2v) is 8.76. The number of amides is 1. The number of hydrogen-bond donors (Lipinski definition) is 1. The fraction of sp³-hybridized carbons (Fsp3) is 0.250. The van der Waals surface area contributed by atoms with Crippen LogP contribution in [0, 0.1) is 11.7 Å². The first-order valence-electron chi connectivity index (χ1n) is 10.6. The Labute approximate surface area is 195 Å². The van der Waals surface area contributed by atoms with Crippen molar-refractivity contribution in [2.75, 3.05) is 6.54 Å². The van der Waals surface area contributed by atoms with Crippen LogP contribution in [0.1, 0.15) is 36.6 Å². The second-order valence-electron chi connectivity index (χ2n) is 7.81. The van der Waals surface area contributed by atoms with Crippen LogP contribution < -0.4 is 5.32 Å².